The molecule has 3 atom stereocenters. The summed E-state index contributed by atoms with van der Waals surface area (Å²) in [7, 11) is 0. The molecule has 4 heterocycles. The maximum absolute atomic E-state index is 14.0. The summed E-state index contributed by atoms with van der Waals surface area (Å²) in [4.78, 5) is 33.6. The first-order valence-corrected chi connectivity index (χ1v) is 13.4. The zero-order valence-electron chi connectivity index (χ0n) is 18.3. The van der Waals surface area contributed by atoms with Crippen molar-refractivity contribution in [1.82, 2.24) is 20.5 Å². The highest BCUT2D eigenvalue weighted by Crippen LogP contribution is 2.44. The lowest BCUT2D eigenvalue weighted by Gasteiger charge is -2.42. The Kier molecular flexibility index (Phi) is 5.42. The van der Waals surface area contributed by atoms with E-state index in [9.17, 15) is 9.59 Å². The molecule has 2 amide bonds. The number of rotatable bonds is 4. The molecule has 3 aliphatic rings. The van der Waals surface area contributed by atoms with Crippen LogP contribution in [0, 0.1) is 0 Å². The second-order valence-electron chi connectivity index (χ2n) is 8.99. The molecule has 0 spiro atoms. The summed E-state index contributed by atoms with van der Waals surface area (Å²) in [6.45, 7) is 0.511. The molecular weight excluding hydrogens is 452 g/mol. The van der Waals surface area contributed by atoms with Crippen LogP contribution < -0.4 is 10.6 Å². The molecule has 6 rings (SSSR count). The zero-order valence-corrected chi connectivity index (χ0v) is 19.9. The Bertz CT molecular complexity index is 1230. The molecule has 2 N–H and O–H groups in total. The number of carbonyl (C=O) groups excluding carboxylic acids is 2. The number of fused-ring (bicyclic) bond motifs is 2. The summed E-state index contributed by atoms with van der Waals surface area (Å²) in [6, 6.07) is 8.18. The number of thiazole rings is 1. The molecular formula is C25H26N4O2S2. The smallest absolute Gasteiger partial charge is 0.251 e. The topological polar surface area (TPSA) is 74.3 Å². The van der Waals surface area contributed by atoms with E-state index in [2.05, 4.69) is 38.0 Å². The third-order valence-corrected chi connectivity index (χ3v) is 8.94. The number of carbonyl (C=O) groups is 2. The molecule has 0 bridgehead atoms. The van der Waals surface area contributed by atoms with Crippen LogP contribution in [0.25, 0.3) is 10.1 Å². The maximum Gasteiger partial charge on any atom is 0.251 e. The minimum atomic E-state index is -0.372. The first-order valence-electron chi connectivity index (χ1n) is 11.6. The van der Waals surface area contributed by atoms with Crippen molar-refractivity contribution in [2.24, 2.45) is 0 Å². The molecule has 170 valence electrons. The van der Waals surface area contributed by atoms with Crippen molar-refractivity contribution >= 4 is 44.6 Å². The normalized spacial score (nSPS) is 24.8. The van der Waals surface area contributed by atoms with Gasteiger partial charge in [-0.15, -0.1) is 22.7 Å². The highest BCUT2D eigenvalue weighted by Gasteiger charge is 2.46. The molecule has 33 heavy (non-hydrogen) atoms. The van der Waals surface area contributed by atoms with Gasteiger partial charge in [0.2, 0.25) is 5.91 Å². The van der Waals surface area contributed by atoms with E-state index in [-0.39, 0.29) is 29.9 Å². The highest BCUT2D eigenvalue weighted by molar-refractivity contribution is 7.17. The van der Waals surface area contributed by atoms with Crippen molar-refractivity contribution in [2.75, 3.05) is 6.54 Å². The van der Waals surface area contributed by atoms with E-state index in [1.54, 1.807) is 28.9 Å². The van der Waals surface area contributed by atoms with Crippen LogP contribution in [-0.2, 0) is 16.0 Å². The van der Waals surface area contributed by atoms with Gasteiger partial charge in [-0.3, -0.25) is 9.59 Å². The number of aromatic nitrogens is 1. The second-order valence-corrected chi connectivity index (χ2v) is 10.9. The third-order valence-electron chi connectivity index (χ3n) is 7.12. The van der Waals surface area contributed by atoms with Gasteiger partial charge in [-0.2, -0.15) is 0 Å². The van der Waals surface area contributed by atoms with Crippen molar-refractivity contribution in [3.63, 3.8) is 0 Å². The molecule has 1 aliphatic carbocycles. The predicted octanol–water partition coefficient (Wildman–Crippen LogP) is 4.16. The van der Waals surface area contributed by atoms with Gasteiger partial charge < -0.3 is 15.5 Å². The summed E-state index contributed by atoms with van der Waals surface area (Å²) in [5.74, 6) is 0.0479. The SMILES string of the molecule is O=C1NCC2=C1[C@@H](c1csc3ccccc13)N(C(=O)CCc1nccs1)[C@@H]1CCCC[C@H]1N2. The van der Waals surface area contributed by atoms with Gasteiger partial charge >= 0.3 is 0 Å². The lowest BCUT2D eigenvalue weighted by molar-refractivity contribution is -0.137. The van der Waals surface area contributed by atoms with Crippen LogP contribution in [0.1, 0.15) is 48.7 Å². The Hall–Kier alpha value is -2.71. The largest absolute Gasteiger partial charge is 0.382 e. The molecule has 2 aliphatic heterocycles. The van der Waals surface area contributed by atoms with E-state index in [0.29, 0.717) is 19.4 Å². The predicted molar refractivity (Wildman–Crippen MR) is 131 cm³/mol. The molecule has 0 radical (unpaired) electrons. The molecule has 3 aromatic rings. The quantitative estimate of drug-likeness (QED) is 0.591. The number of nitrogens with zero attached hydrogens (tertiary/aromatic N) is 2. The maximum atomic E-state index is 14.0. The Morgan fingerprint density at radius 1 is 1.18 bits per heavy atom. The summed E-state index contributed by atoms with van der Waals surface area (Å²) in [5, 5.41) is 12.9. The third kappa shape index (κ3) is 3.65. The second kappa shape index (κ2) is 8.57. The van der Waals surface area contributed by atoms with E-state index in [4.69, 9.17) is 0 Å². The minimum absolute atomic E-state index is 0.0610. The van der Waals surface area contributed by atoms with Crippen molar-refractivity contribution in [1.29, 1.82) is 0 Å². The summed E-state index contributed by atoms with van der Waals surface area (Å²) < 4.78 is 1.18. The first kappa shape index (κ1) is 20.9. The van der Waals surface area contributed by atoms with Gasteiger partial charge in [0.1, 0.15) is 0 Å². The van der Waals surface area contributed by atoms with Gasteiger partial charge in [-0.1, -0.05) is 31.0 Å². The van der Waals surface area contributed by atoms with Gasteiger partial charge in [0.15, 0.2) is 0 Å². The number of amides is 2. The average molecular weight is 479 g/mol. The van der Waals surface area contributed by atoms with E-state index in [0.717, 1.165) is 52.9 Å². The van der Waals surface area contributed by atoms with Crippen molar-refractivity contribution < 1.29 is 9.59 Å². The molecule has 1 aromatic carbocycles. The number of hydrogen-bond donors (Lipinski definition) is 2. The van der Waals surface area contributed by atoms with Crippen LogP contribution in [0.5, 0.6) is 0 Å². The van der Waals surface area contributed by atoms with Crippen LogP contribution in [0.2, 0.25) is 0 Å². The molecule has 1 saturated carbocycles. The molecule has 0 unspecified atom stereocenters. The number of thiophene rings is 1. The van der Waals surface area contributed by atoms with Crippen molar-refractivity contribution in [3.8, 4) is 0 Å². The fraction of sp³-hybridized carbons (Fsp3) is 0.400. The van der Waals surface area contributed by atoms with Crippen LogP contribution in [0.4, 0.5) is 0 Å². The molecule has 2 aromatic heterocycles. The van der Waals surface area contributed by atoms with Crippen molar-refractivity contribution in [2.45, 2.75) is 56.7 Å². The van der Waals surface area contributed by atoms with Crippen LogP contribution >= 0.6 is 22.7 Å². The Balaban J connectivity index is 1.48. The minimum Gasteiger partial charge on any atom is -0.382 e. The molecule has 1 fully saturated rings. The monoisotopic (exact) mass is 478 g/mol. The molecule has 8 heteroatoms. The summed E-state index contributed by atoms with van der Waals surface area (Å²) >= 11 is 3.27. The molecule has 0 saturated heterocycles. The number of aryl methyl sites for hydroxylation is 1. The van der Waals surface area contributed by atoms with E-state index in [1.807, 2.05) is 17.5 Å². The molecule has 6 nitrogen and oxygen atoms in total. The number of benzene rings is 1. The number of nitrogens with one attached hydrogen (secondary N) is 2. The lowest BCUT2D eigenvalue weighted by Crippen LogP contribution is -2.53. The highest BCUT2D eigenvalue weighted by atomic mass is 32.1. The van der Waals surface area contributed by atoms with Crippen LogP contribution in [0.3, 0.4) is 0 Å². The van der Waals surface area contributed by atoms with E-state index >= 15 is 0 Å². The first-order chi connectivity index (χ1) is 16.2. The van der Waals surface area contributed by atoms with Crippen molar-refractivity contribution in [3.05, 3.63) is 63.1 Å². The van der Waals surface area contributed by atoms with Crippen LogP contribution in [0.15, 0.2) is 52.5 Å². The zero-order chi connectivity index (χ0) is 22.4. The Morgan fingerprint density at radius 3 is 2.94 bits per heavy atom. The summed E-state index contributed by atoms with van der Waals surface area (Å²) in [5.41, 5.74) is 2.75. The van der Waals surface area contributed by atoms with Gasteiger partial charge in [-0.05, 0) is 35.2 Å². The van der Waals surface area contributed by atoms with Gasteiger partial charge in [0.05, 0.1) is 29.2 Å². The fourth-order valence-corrected chi connectivity index (χ4v) is 7.25. The Morgan fingerprint density at radius 2 is 2.06 bits per heavy atom. The van der Waals surface area contributed by atoms with E-state index < -0.39 is 0 Å². The Labute approximate surface area is 200 Å². The van der Waals surface area contributed by atoms with Gasteiger partial charge in [0, 0.05) is 40.9 Å². The van der Waals surface area contributed by atoms with Gasteiger partial charge in [0.25, 0.3) is 5.91 Å². The van der Waals surface area contributed by atoms with E-state index in [1.165, 1.54) is 4.70 Å². The average Bonchev–Trinajstić information content (AvgIpc) is 3.56. The fourth-order valence-electron chi connectivity index (χ4n) is 5.64. The van der Waals surface area contributed by atoms with Crippen LogP contribution in [-0.4, -0.2) is 40.3 Å². The standard InChI is InChI=1S/C25H26N4O2S2/c30-22(10-9-21-26-11-12-32-21)29-19-7-3-2-6-17(19)28-18-13-27-25(31)23(18)24(29)16-14-33-20-8-4-1-5-15(16)20/h1,4-5,8,11-12,14,17,19,24,28H,2-3,6-7,9-10,13H2,(H,27,31)/t17-,19-,24-/m1/s1. The summed E-state index contributed by atoms with van der Waals surface area (Å²) in [6.07, 6.45) is 7.05. The lowest BCUT2D eigenvalue weighted by atomic mass is 9.87. The van der Waals surface area contributed by atoms with Gasteiger partial charge in [-0.25, -0.2) is 4.98 Å². The number of hydrogen-bond acceptors (Lipinski definition) is 6.